The van der Waals surface area contributed by atoms with Crippen LogP contribution in [0.15, 0.2) is 24.3 Å². The van der Waals surface area contributed by atoms with E-state index in [0.717, 1.165) is 29.8 Å². The molecular formula is C16H24ClN3O. The molecule has 0 aromatic heterocycles. The molecule has 1 aliphatic carbocycles. The minimum absolute atomic E-state index is 0.0639. The van der Waals surface area contributed by atoms with Crippen LogP contribution in [0, 0.1) is 5.92 Å². The zero-order valence-corrected chi connectivity index (χ0v) is 13.4. The minimum Gasteiger partial charge on any atom is -0.354 e. The van der Waals surface area contributed by atoms with E-state index in [1.54, 1.807) is 0 Å². The van der Waals surface area contributed by atoms with Crippen LogP contribution in [0.1, 0.15) is 30.9 Å². The number of rotatable bonds is 5. The highest BCUT2D eigenvalue weighted by atomic mass is 35.5. The van der Waals surface area contributed by atoms with Crippen molar-refractivity contribution in [1.82, 2.24) is 10.2 Å². The fourth-order valence-corrected chi connectivity index (χ4v) is 3.17. The second-order valence-corrected chi connectivity index (χ2v) is 6.42. The van der Waals surface area contributed by atoms with Gasteiger partial charge < -0.3 is 16.0 Å². The van der Waals surface area contributed by atoms with E-state index < -0.39 is 0 Å². The summed E-state index contributed by atoms with van der Waals surface area (Å²) in [5.74, 6) is 0.177. The fraction of sp³-hybridized carbons (Fsp3) is 0.562. The van der Waals surface area contributed by atoms with Crippen LogP contribution in [-0.2, 0) is 4.79 Å². The standard InChI is InChI=1S/C16H24ClN3O/c1-20(2)15(13-5-3-4-6-14(13)17)10-19-16(21)11-7-8-12(18)9-11/h3-6,11-12,15H,7-10,18H2,1-2H3,(H,19,21). The van der Waals surface area contributed by atoms with E-state index in [1.807, 2.05) is 38.4 Å². The summed E-state index contributed by atoms with van der Waals surface area (Å²) >= 11 is 6.27. The summed E-state index contributed by atoms with van der Waals surface area (Å²) in [6, 6.07) is 8.01. The van der Waals surface area contributed by atoms with E-state index in [9.17, 15) is 4.79 Å². The lowest BCUT2D eigenvalue weighted by Gasteiger charge is -2.26. The number of nitrogens with one attached hydrogen (secondary N) is 1. The molecule has 3 atom stereocenters. The molecule has 3 N–H and O–H groups in total. The summed E-state index contributed by atoms with van der Waals surface area (Å²) in [7, 11) is 3.98. The predicted molar refractivity (Wildman–Crippen MR) is 86.2 cm³/mol. The van der Waals surface area contributed by atoms with E-state index in [2.05, 4.69) is 10.2 Å². The highest BCUT2D eigenvalue weighted by Crippen LogP contribution is 2.27. The lowest BCUT2D eigenvalue weighted by atomic mass is 10.0. The molecule has 0 heterocycles. The summed E-state index contributed by atoms with van der Waals surface area (Å²) in [6.45, 7) is 0.557. The van der Waals surface area contributed by atoms with Gasteiger partial charge in [0.2, 0.25) is 5.91 Å². The summed E-state index contributed by atoms with van der Waals surface area (Å²) < 4.78 is 0. The maximum absolute atomic E-state index is 12.2. The lowest BCUT2D eigenvalue weighted by molar-refractivity contribution is -0.125. The van der Waals surface area contributed by atoms with Crippen molar-refractivity contribution in [2.75, 3.05) is 20.6 Å². The third-order valence-electron chi connectivity index (χ3n) is 4.20. The van der Waals surface area contributed by atoms with Gasteiger partial charge in [0, 0.05) is 23.5 Å². The Labute approximate surface area is 131 Å². The average Bonchev–Trinajstić information content (AvgIpc) is 2.87. The maximum atomic E-state index is 12.2. The largest absolute Gasteiger partial charge is 0.354 e. The third-order valence-corrected chi connectivity index (χ3v) is 4.55. The number of carbonyl (C=O) groups excluding carboxylic acids is 1. The van der Waals surface area contributed by atoms with Gasteiger partial charge in [-0.2, -0.15) is 0 Å². The van der Waals surface area contributed by atoms with Crippen molar-refractivity contribution in [2.24, 2.45) is 11.7 Å². The number of nitrogens with two attached hydrogens (primary N) is 1. The molecule has 0 saturated heterocycles. The van der Waals surface area contributed by atoms with Crippen LogP contribution in [0.4, 0.5) is 0 Å². The molecule has 5 heteroatoms. The molecule has 1 saturated carbocycles. The van der Waals surface area contributed by atoms with Gasteiger partial charge in [-0.15, -0.1) is 0 Å². The molecule has 1 fully saturated rings. The Hall–Kier alpha value is -1.10. The Morgan fingerprint density at radius 3 is 2.71 bits per heavy atom. The Kier molecular flexibility index (Phi) is 5.62. The number of likely N-dealkylation sites (N-methyl/N-ethyl adjacent to an activating group) is 1. The molecule has 1 aromatic carbocycles. The van der Waals surface area contributed by atoms with E-state index in [-0.39, 0.29) is 23.9 Å². The molecule has 21 heavy (non-hydrogen) atoms. The van der Waals surface area contributed by atoms with Gasteiger partial charge in [-0.1, -0.05) is 29.8 Å². The van der Waals surface area contributed by atoms with Gasteiger partial charge in [-0.25, -0.2) is 0 Å². The summed E-state index contributed by atoms with van der Waals surface area (Å²) in [5, 5.41) is 3.79. The maximum Gasteiger partial charge on any atom is 0.223 e. The number of hydrogen-bond acceptors (Lipinski definition) is 3. The van der Waals surface area contributed by atoms with Crippen molar-refractivity contribution in [3.8, 4) is 0 Å². The van der Waals surface area contributed by atoms with Crippen LogP contribution in [0.3, 0.4) is 0 Å². The van der Waals surface area contributed by atoms with Gasteiger partial charge in [0.1, 0.15) is 0 Å². The van der Waals surface area contributed by atoms with Crippen molar-refractivity contribution in [3.63, 3.8) is 0 Å². The third kappa shape index (κ3) is 4.19. The first-order valence-electron chi connectivity index (χ1n) is 7.43. The Balaban J connectivity index is 1.98. The van der Waals surface area contributed by atoms with Crippen LogP contribution in [-0.4, -0.2) is 37.5 Å². The van der Waals surface area contributed by atoms with Crippen molar-refractivity contribution in [1.29, 1.82) is 0 Å². The zero-order valence-electron chi connectivity index (χ0n) is 12.7. The fourth-order valence-electron chi connectivity index (χ4n) is 2.91. The van der Waals surface area contributed by atoms with Crippen LogP contribution >= 0.6 is 11.6 Å². The van der Waals surface area contributed by atoms with Crippen molar-refractivity contribution in [3.05, 3.63) is 34.9 Å². The molecule has 4 nitrogen and oxygen atoms in total. The highest BCUT2D eigenvalue weighted by molar-refractivity contribution is 6.31. The number of amides is 1. The second kappa shape index (κ2) is 7.25. The average molecular weight is 310 g/mol. The van der Waals surface area contributed by atoms with Crippen molar-refractivity contribution >= 4 is 17.5 Å². The van der Waals surface area contributed by atoms with Crippen LogP contribution in [0.25, 0.3) is 0 Å². The van der Waals surface area contributed by atoms with E-state index in [4.69, 9.17) is 17.3 Å². The first-order valence-corrected chi connectivity index (χ1v) is 7.81. The SMILES string of the molecule is CN(C)C(CNC(=O)C1CCC(N)C1)c1ccccc1Cl. The van der Waals surface area contributed by atoms with Crippen LogP contribution in [0.5, 0.6) is 0 Å². The van der Waals surface area contributed by atoms with Gasteiger partial charge in [-0.3, -0.25) is 4.79 Å². The molecular weight excluding hydrogens is 286 g/mol. The van der Waals surface area contributed by atoms with E-state index in [0.29, 0.717) is 6.54 Å². The normalized spacial score (nSPS) is 23.3. The molecule has 0 aliphatic heterocycles. The number of hydrogen-bond donors (Lipinski definition) is 2. The van der Waals surface area contributed by atoms with Crippen LogP contribution in [0.2, 0.25) is 5.02 Å². The molecule has 0 spiro atoms. The number of benzene rings is 1. The summed E-state index contributed by atoms with van der Waals surface area (Å²) in [5.41, 5.74) is 6.91. The van der Waals surface area contributed by atoms with Gasteiger partial charge in [-0.05, 0) is 45.0 Å². The second-order valence-electron chi connectivity index (χ2n) is 6.02. The summed E-state index contributed by atoms with van der Waals surface area (Å²) in [6.07, 6.45) is 2.63. The van der Waals surface area contributed by atoms with Crippen molar-refractivity contribution < 1.29 is 4.79 Å². The van der Waals surface area contributed by atoms with Gasteiger partial charge in [0.15, 0.2) is 0 Å². The van der Waals surface area contributed by atoms with E-state index in [1.165, 1.54) is 0 Å². The molecule has 0 bridgehead atoms. The van der Waals surface area contributed by atoms with Gasteiger partial charge >= 0.3 is 0 Å². The Morgan fingerprint density at radius 2 is 2.14 bits per heavy atom. The first-order chi connectivity index (χ1) is 9.99. The van der Waals surface area contributed by atoms with Gasteiger partial charge in [0.25, 0.3) is 0 Å². The molecule has 2 rings (SSSR count). The quantitative estimate of drug-likeness (QED) is 0.876. The number of nitrogens with zero attached hydrogens (tertiary/aromatic N) is 1. The van der Waals surface area contributed by atoms with Gasteiger partial charge in [0.05, 0.1) is 6.04 Å². The topological polar surface area (TPSA) is 58.4 Å². The first kappa shape index (κ1) is 16.3. The summed E-state index contributed by atoms with van der Waals surface area (Å²) in [4.78, 5) is 14.3. The Bertz CT molecular complexity index is 492. The molecule has 3 unspecified atom stereocenters. The monoisotopic (exact) mass is 309 g/mol. The minimum atomic E-state index is 0.0639. The smallest absolute Gasteiger partial charge is 0.223 e. The van der Waals surface area contributed by atoms with E-state index >= 15 is 0 Å². The molecule has 1 aromatic rings. The zero-order chi connectivity index (χ0) is 15.4. The number of carbonyl (C=O) groups is 1. The predicted octanol–water partition coefficient (Wildman–Crippen LogP) is 2.19. The van der Waals surface area contributed by atoms with Crippen molar-refractivity contribution in [2.45, 2.75) is 31.3 Å². The van der Waals surface area contributed by atoms with Crippen LogP contribution < -0.4 is 11.1 Å². The highest BCUT2D eigenvalue weighted by Gasteiger charge is 2.28. The molecule has 116 valence electrons. The molecule has 0 radical (unpaired) electrons. The molecule has 1 amide bonds. The Morgan fingerprint density at radius 1 is 1.43 bits per heavy atom. The number of halogens is 1. The molecule has 1 aliphatic rings. The lowest BCUT2D eigenvalue weighted by Crippen LogP contribution is -2.37.